The van der Waals surface area contributed by atoms with Crippen LogP contribution in [0.1, 0.15) is 32.6 Å². The van der Waals surface area contributed by atoms with Gasteiger partial charge in [-0.15, -0.1) is 0 Å². The van der Waals surface area contributed by atoms with Gasteiger partial charge >= 0.3 is 5.97 Å². The third-order valence-corrected chi connectivity index (χ3v) is 3.25. The predicted octanol–water partition coefficient (Wildman–Crippen LogP) is 2.28. The first kappa shape index (κ1) is 11.5. The van der Waals surface area contributed by atoms with E-state index in [2.05, 4.69) is 6.92 Å². The fourth-order valence-corrected chi connectivity index (χ4v) is 2.53. The van der Waals surface area contributed by atoms with E-state index in [4.69, 9.17) is 16.7 Å². The fourth-order valence-electron chi connectivity index (χ4n) is 2.25. The number of carbonyl (C=O) groups excluding carboxylic acids is 1. The molecule has 3 nitrogen and oxygen atoms in total. The van der Waals surface area contributed by atoms with Gasteiger partial charge in [0.2, 0.25) is 5.24 Å². The summed E-state index contributed by atoms with van der Waals surface area (Å²) in [5.41, 5.74) is 0. The first-order chi connectivity index (χ1) is 6.50. The first-order valence-corrected chi connectivity index (χ1v) is 5.29. The lowest BCUT2D eigenvalue weighted by Gasteiger charge is -2.31. The third-order valence-electron chi connectivity index (χ3n) is 2.97. The van der Waals surface area contributed by atoms with Crippen molar-refractivity contribution in [1.29, 1.82) is 0 Å². The number of aliphatic carboxylic acids is 1. The van der Waals surface area contributed by atoms with Crippen molar-refractivity contribution < 1.29 is 14.7 Å². The van der Waals surface area contributed by atoms with E-state index in [1.165, 1.54) is 0 Å². The van der Waals surface area contributed by atoms with Crippen molar-refractivity contribution >= 4 is 22.8 Å². The number of hydrogen-bond donors (Lipinski definition) is 1. The Bertz CT molecular complexity index is 240. The van der Waals surface area contributed by atoms with Gasteiger partial charge in [0.15, 0.2) is 0 Å². The Morgan fingerprint density at radius 2 is 2.07 bits per heavy atom. The van der Waals surface area contributed by atoms with Crippen LogP contribution in [0.5, 0.6) is 0 Å². The van der Waals surface area contributed by atoms with Crippen LogP contribution in [0.3, 0.4) is 0 Å². The van der Waals surface area contributed by atoms with E-state index in [-0.39, 0.29) is 23.5 Å². The van der Waals surface area contributed by atoms with Gasteiger partial charge < -0.3 is 5.11 Å². The Kier molecular flexibility index (Phi) is 3.93. The van der Waals surface area contributed by atoms with Crippen LogP contribution < -0.4 is 0 Å². The Hall–Kier alpha value is -0.570. The number of halogens is 1. The minimum absolute atomic E-state index is 0.0630. The van der Waals surface area contributed by atoms with Crippen molar-refractivity contribution in [2.24, 2.45) is 17.8 Å². The number of carbonyl (C=O) groups is 2. The second-order valence-corrected chi connectivity index (χ2v) is 4.56. The van der Waals surface area contributed by atoms with Crippen LogP contribution in [0, 0.1) is 17.8 Å². The molecule has 1 aliphatic rings. The number of carboxylic acids is 1. The molecule has 14 heavy (non-hydrogen) atoms. The minimum atomic E-state index is -0.841. The van der Waals surface area contributed by atoms with Crippen LogP contribution in [0.2, 0.25) is 0 Å². The topological polar surface area (TPSA) is 54.4 Å². The predicted molar refractivity (Wildman–Crippen MR) is 53.1 cm³/mol. The molecule has 4 heteroatoms. The molecule has 1 N–H and O–H groups in total. The molecule has 0 spiro atoms. The summed E-state index contributed by atoms with van der Waals surface area (Å²) in [6.07, 6.45) is 2.57. The van der Waals surface area contributed by atoms with E-state index in [1.54, 1.807) is 0 Å². The van der Waals surface area contributed by atoms with Gasteiger partial charge in [-0.2, -0.15) is 0 Å². The van der Waals surface area contributed by atoms with E-state index in [9.17, 15) is 9.59 Å². The Labute approximate surface area is 88.4 Å². The molecule has 0 radical (unpaired) electrons. The van der Waals surface area contributed by atoms with Crippen molar-refractivity contribution in [1.82, 2.24) is 0 Å². The van der Waals surface area contributed by atoms with Crippen LogP contribution in [-0.4, -0.2) is 16.3 Å². The quantitative estimate of drug-likeness (QED) is 0.740. The van der Waals surface area contributed by atoms with E-state index in [1.807, 2.05) is 0 Å². The summed E-state index contributed by atoms with van der Waals surface area (Å²) in [5, 5.41) is 8.33. The van der Waals surface area contributed by atoms with Gasteiger partial charge in [0.1, 0.15) is 0 Å². The standard InChI is InChI=1S/C10H15ClO3/c1-6-2-3-8(10(11)14)7(4-6)5-9(12)13/h6-8H,2-5H2,1H3,(H,12,13)/t6-,7+,8-/m1/s1. The molecule has 0 amide bonds. The van der Waals surface area contributed by atoms with E-state index in [0.717, 1.165) is 19.3 Å². The lowest BCUT2D eigenvalue weighted by atomic mass is 9.74. The van der Waals surface area contributed by atoms with Crippen LogP contribution in [0.15, 0.2) is 0 Å². The summed E-state index contributed by atoms with van der Waals surface area (Å²) in [6, 6.07) is 0. The van der Waals surface area contributed by atoms with E-state index in [0.29, 0.717) is 5.92 Å². The number of hydrogen-bond acceptors (Lipinski definition) is 2. The van der Waals surface area contributed by atoms with Gasteiger partial charge in [-0.05, 0) is 42.7 Å². The molecule has 0 aliphatic heterocycles. The molecule has 3 atom stereocenters. The molecule has 0 aromatic heterocycles. The molecule has 0 aromatic carbocycles. The summed E-state index contributed by atoms with van der Waals surface area (Å²) >= 11 is 5.45. The van der Waals surface area contributed by atoms with Gasteiger partial charge in [0.05, 0.1) is 0 Å². The summed E-state index contributed by atoms with van der Waals surface area (Å²) in [4.78, 5) is 21.7. The van der Waals surface area contributed by atoms with Crippen molar-refractivity contribution in [3.05, 3.63) is 0 Å². The van der Waals surface area contributed by atoms with Crippen LogP contribution >= 0.6 is 11.6 Å². The molecule has 1 fully saturated rings. The summed E-state index contributed by atoms with van der Waals surface area (Å²) < 4.78 is 0. The molecule has 1 rings (SSSR count). The second-order valence-electron chi connectivity index (χ2n) is 4.19. The maximum absolute atomic E-state index is 11.1. The van der Waals surface area contributed by atoms with Crippen LogP contribution in [-0.2, 0) is 9.59 Å². The first-order valence-electron chi connectivity index (χ1n) is 4.91. The molecule has 0 saturated heterocycles. The molecule has 1 aliphatic carbocycles. The molecule has 0 aromatic rings. The molecular formula is C10H15ClO3. The largest absolute Gasteiger partial charge is 0.481 e. The SMILES string of the molecule is C[C@@H]1CC[C@@H](C(=O)Cl)[C@H](CC(=O)O)C1. The minimum Gasteiger partial charge on any atom is -0.481 e. The highest BCUT2D eigenvalue weighted by Gasteiger charge is 2.33. The molecule has 1 saturated carbocycles. The highest BCUT2D eigenvalue weighted by atomic mass is 35.5. The average Bonchev–Trinajstić information content (AvgIpc) is 2.01. The highest BCUT2D eigenvalue weighted by Crippen LogP contribution is 2.36. The molecule has 0 bridgehead atoms. The van der Waals surface area contributed by atoms with Crippen molar-refractivity contribution in [3.63, 3.8) is 0 Å². The second kappa shape index (κ2) is 4.78. The normalized spacial score (nSPS) is 32.6. The number of carboxylic acid groups (broad SMARTS) is 1. The number of rotatable bonds is 3. The van der Waals surface area contributed by atoms with E-state index < -0.39 is 5.97 Å². The Morgan fingerprint density at radius 1 is 1.43 bits per heavy atom. The summed E-state index contributed by atoms with van der Waals surface area (Å²) in [5.74, 6) is -0.649. The fraction of sp³-hybridized carbons (Fsp3) is 0.800. The third kappa shape index (κ3) is 2.98. The van der Waals surface area contributed by atoms with Crippen molar-refractivity contribution in [2.45, 2.75) is 32.6 Å². The molecule has 0 heterocycles. The lowest BCUT2D eigenvalue weighted by molar-refractivity contribution is -0.139. The van der Waals surface area contributed by atoms with Gasteiger partial charge in [0.25, 0.3) is 0 Å². The van der Waals surface area contributed by atoms with Gasteiger partial charge in [-0.1, -0.05) is 6.92 Å². The Morgan fingerprint density at radius 3 is 2.57 bits per heavy atom. The summed E-state index contributed by atoms with van der Waals surface area (Å²) in [7, 11) is 0. The van der Waals surface area contributed by atoms with Crippen molar-refractivity contribution in [2.75, 3.05) is 0 Å². The zero-order valence-electron chi connectivity index (χ0n) is 8.20. The van der Waals surface area contributed by atoms with Crippen molar-refractivity contribution in [3.8, 4) is 0 Å². The maximum Gasteiger partial charge on any atom is 0.303 e. The van der Waals surface area contributed by atoms with Crippen LogP contribution in [0.25, 0.3) is 0 Å². The lowest BCUT2D eigenvalue weighted by Crippen LogP contribution is -2.29. The smallest absolute Gasteiger partial charge is 0.303 e. The maximum atomic E-state index is 11.1. The van der Waals surface area contributed by atoms with Gasteiger partial charge in [0, 0.05) is 12.3 Å². The zero-order chi connectivity index (χ0) is 10.7. The zero-order valence-corrected chi connectivity index (χ0v) is 8.96. The summed E-state index contributed by atoms with van der Waals surface area (Å²) in [6.45, 7) is 2.09. The van der Waals surface area contributed by atoms with Gasteiger partial charge in [-0.25, -0.2) is 0 Å². The average molecular weight is 219 g/mol. The molecule has 80 valence electrons. The molecule has 0 unspecified atom stereocenters. The monoisotopic (exact) mass is 218 g/mol. The van der Waals surface area contributed by atoms with E-state index >= 15 is 0 Å². The Balaban J connectivity index is 2.63. The molecular weight excluding hydrogens is 204 g/mol. The highest BCUT2D eigenvalue weighted by molar-refractivity contribution is 6.64. The van der Waals surface area contributed by atoms with Crippen LogP contribution in [0.4, 0.5) is 0 Å². The van der Waals surface area contributed by atoms with Gasteiger partial charge in [-0.3, -0.25) is 9.59 Å².